The normalized spacial score (nSPS) is 14.0. The highest BCUT2D eigenvalue weighted by Gasteiger charge is 2.34. The van der Waals surface area contributed by atoms with Crippen molar-refractivity contribution in [3.8, 4) is 5.75 Å². The average molecular weight is 499 g/mol. The molecule has 1 unspecified atom stereocenters. The van der Waals surface area contributed by atoms with Gasteiger partial charge in [0.15, 0.2) is 0 Å². The van der Waals surface area contributed by atoms with Gasteiger partial charge in [-0.2, -0.15) is 0 Å². The second-order valence-corrected chi connectivity index (χ2v) is 10.3. The highest BCUT2D eigenvalue weighted by atomic mass is 16.5. The standard InChI is InChI=1S/C32H38N2O3/c1-25(2)21-31(35)34(23-27-15-17-29(18-16-27)37-24-28-13-7-4-8-14-28)30(22-26-11-5-3-6-12-26)32(36)33-19-9-10-20-33/h3-8,11-18,25,30H,9-10,19-24H2,1-2H3. The third kappa shape index (κ3) is 7.69. The number of likely N-dealkylation sites (tertiary alicyclic amines) is 1. The molecule has 0 bridgehead atoms. The lowest BCUT2D eigenvalue weighted by molar-refractivity contribution is -0.146. The van der Waals surface area contributed by atoms with Crippen molar-refractivity contribution in [2.45, 2.75) is 58.7 Å². The van der Waals surface area contributed by atoms with E-state index in [0.717, 1.165) is 48.4 Å². The van der Waals surface area contributed by atoms with Gasteiger partial charge in [-0.3, -0.25) is 9.59 Å². The molecule has 1 fully saturated rings. The van der Waals surface area contributed by atoms with E-state index >= 15 is 0 Å². The van der Waals surface area contributed by atoms with Gasteiger partial charge >= 0.3 is 0 Å². The maximum absolute atomic E-state index is 13.8. The minimum Gasteiger partial charge on any atom is -0.489 e. The molecule has 0 N–H and O–H groups in total. The maximum atomic E-state index is 13.8. The van der Waals surface area contributed by atoms with Gasteiger partial charge in [0.1, 0.15) is 18.4 Å². The highest BCUT2D eigenvalue weighted by Crippen LogP contribution is 2.22. The van der Waals surface area contributed by atoms with E-state index in [2.05, 4.69) is 0 Å². The van der Waals surface area contributed by atoms with Crippen LogP contribution >= 0.6 is 0 Å². The molecule has 1 aliphatic heterocycles. The summed E-state index contributed by atoms with van der Waals surface area (Å²) in [4.78, 5) is 31.1. The zero-order valence-corrected chi connectivity index (χ0v) is 22.0. The molecule has 0 spiro atoms. The number of nitrogens with zero attached hydrogens (tertiary/aromatic N) is 2. The van der Waals surface area contributed by atoms with Gasteiger partial charge in [-0.25, -0.2) is 0 Å². The van der Waals surface area contributed by atoms with Gasteiger partial charge in [0.25, 0.3) is 0 Å². The van der Waals surface area contributed by atoms with Gasteiger partial charge in [0.05, 0.1) is 0 Å². The first kappa shape index (κ1) is 26.5. The van der Waals surface area contributed by atoms with Gasteiger partial charge in [0, 0.05) is 32.5 Å². The summed E-state index contributed by atoms with van der Waals surface area (Å²) in [5.74, 6) is 1.07. The second kappa shape index (κ2) is 13.1. The Balaban J connectivity index is 1.54. The molecule has 0 aliphatic carbocycles. The molecule has 194 valence electrons. The van der Waals surface area contributed by atoms with E-state index in [0.29, 0.717) is 26.0 Å². The summed E-state index contributed by atoms with van der Waals surface area (Å²) in [7, 11) is 0. The van der Waals surface area contributed by atoms with Crippen molar-refractivity contribution in [1.29, 1.82) is 0 Å². The molecule has 1 saturated heterocycles. The number of amides is 2. The first-order chi connectivity index (χ1) is 18.0. The first-order valence-electron chi connectivity index (χ1n) is 13.4. The molecule has 3 aromatic rings. The molecule has 1 atom stereocenters. The number of carbonyl (C=O) groups excluding carboxylic acids is 2. The zero-order chi connectivity index (χ0) is 26.0. The first-order valence-corrected chi connectivity index (χ1v) is 13.4. The molecule has 0 saturated carbocycles. The van der Waals surface area contributed by atoms with Crippen molar-refractivity contribution >= 4 is 11.8 Å². The lowest BCUT2D eigenvalue weighted by Gasteiger charge is -2.34. The van der Waals surface area contributed by atoms with Crippen molar-refractivity contribution < 1.29 is 14.3 Å². The van der Waals surface area contributed by atoms with Crippen LogP contribution in [0.15, 0.2) is 84.9 Å². The minimum atomic E-state index is -0.527. The van der Waals surface area contributed by atoms with E-state index in [1.165, 1.54) is 0 Å². The van der Waals surface area contributed by atoms with Crippen molar-refractivity contribution in [2.75, 3.05) is 13.1 Å². The lowest BCUT2D eigenvalue weighted by Crippen LogP contribution is -2.51. The monoisotopic (exact) mass is 498 g/mol. The smallest absolute Gasteiger partial charge is 0.245 e. The van der Waals surface area contributed by atoms with Crippen LogP contribution in [-0.2, 0) is 29.2 Å². The minimum absolute atomic E-state index is 0.0212. The van der Waals surface area contributed by atoms with Crippen LogP contribution < -0.4 is 4.74 Å². The van der Waals surface area contributed by atoms with Crippen LogP contribution in [0.1, 0.15) is 49.8 Å². The zero-order valence-electron chi connectivity index (χ0n) is 22.0. The summed E-state index contributed by atoms with van der Waals surface area (Å²) in [6.45, 7) is 6.52. The Morgan fingerprint density at radius 3 is 2.00 bits per heavy atom. The predicted octanol–water partition coefficient (Wildman–Crippen LogP) is 5.87. The lowest BCUT2D eigenvalue weighted by atomic mass is 10.0. The number of carbonyl (C=O) groups is 2. The molecule has 0 radical (unpaired) electrons. The summed E-state index contributed by atoms with van der Waals surface area (Å²) in [5, 5.41) is 0. The average Bonchev–Trinajstić information content (AvgIpc) is 3.46. The van der Waals surface area contributed by atoms with E-state index in [1.54, 1.807) is 0 Å². The van der Waals surface area contributed by atoms with Crippen LogP contribution in [0.2, 0.25) is 0 Å². The number of rotatable bonds is 11. The van der Waals surface area contributed by atoms with Gasteiger partial charge < -0.3 is 14.5 Å². The fourth-order valence-corrected chi connectivity index (χ4v) is 4.78. The molecule has 5 heteroatoms. The summed E-state index contributed by atoms with van der Waals surface area (Å²) in [6.07, 6.45) is 2.97. The van der Waals surface area contributed by atoms with E-state index in [4.69, 9.17) is 4.74 Å². The largest absolute Gasteiger partial charge is 0.489 e. The van der Waals surface area contributed by atoms with Crippen molar-refractivity contribution in [1.82, 2.24) is 9.80 Å². The Hall–Kier alpha value is -3.60. The number of hydrogen-bond donors (Lipinski definition) is 0. The number of hydrogen-bond acceptors (Lipinski definition) is 3. The SMILES string of the molecule is CC(C)CC(=O)N(Cc1ccc(OCc2ccccc2)cc1)C(Cc1ccccc1)C(=O)N1CCCC1. The Labute approximate surface area is 221 Å². The summed E-state index contributed by atoms with van der Waals surface area (Å²) in [6, 6.07) is 27.4. The van der Waals surface area contributed by atoms with Crippen LogP contribution in [0.3, 0.4) is 0 Å². The Morgan fingerprint density at radius 2 is 1.41 bits per heavy atom. The molecular weight excluding hydrogens is 460 g/mol. The van der Waals surface area contributed by atoms with E-state index in [9.17, 15) is 9.59 Å². The van der Waals surface area contributed by atoms with Crippen LogP contribution in [0.5, 0.6) is 5.75 Å². The Bertz CT molecular complexity index is 1120. The maximum Gasteiger partial charge on any atom is 0.245 e. The van der Waals surface area contributed by atoms with Gasteiger partial charge in [-0.05, 0) is 47.6 Å². The third-order valence-electron chi connectivity index (χ3n) is 6.78. The van der Waals surface area contributed by atoms with E-state index in [1.807, 2.05) is 109 Å². The van der Waals surface area contributed by atoms with E-state index < -0.39 is 6.04 Å². The molecule has 0 aromatic heterocycles. The van der Waals surface area contributed by atoms with Crippen molar-refractivity contribution in [3.05, 3.63) is 102 Å². The molecule has 5 nitrogen and oxygen atoms in total. The molecule has 37 heavy (non-hydrogen) atoms. The molecule has 3 aromatic carbocycles. The fourth-order valence-electron chi connectivity index (χ4n) is 4.78. The predicted molar refractivity (Wildman–Crippen MR) is 147 cm³/mol. The fraction of sp³-hybridized carbons (Fsp3) is 0.375. The highest BCUT2D eigenvalue weighted by molar-refractivity contribution is 5.88. The summed E-state index contributed by atoms with van der Waals surface area (Å²) in [5.41, 5.74) is 3.16. The van der Waals surface area contributed by atoms with Gasteiger partial charge in [-0.15, -0.1) is 0 Å². The van der Waals surface area contributed by atoms with Crippen molar-refractivity contribution in [3.63, 3.8) is 0 Å². The quantitative estimate of drug-likeness (QED) is 0.332. The van der Waals surface area contributed by atoms with E-state index in [-0.39, 0.29) is 17.7 Å². The van der Waals surface area contributed by atoms with Gasteiger partial charge in [0.2, 0.25) is 11.8 Å². The second-order valence-electron chi connectivity index (χ2n) is 10.3. The molecule has 4 rings (SSSR count). The Kier molecular flexibility index (Phi) is 9.36. The molecule has 2 amide bonds. The third-order valence-corrected chi connectivity index (χ3v) is 6.78. The van der Waals surface area contributed by atoms with Crippen LogP contribution in [0.25, 0.3) is 0 Å². The topological polar surface area (TPSA) is 49.9 Å². The summed E-state index contributed by atoms with van der Waals surface area (Å²) < 4.78 is 5.94. The van der Waals surface area contributed by atoms with Gasteiger partial charge in [-0.1, -0.05) is 86.6 Å². The molecular formula is C32H38N2O3. The van der Waals surface area contributed by atoms with Crippen LogP contribution in [0, 0.1) is 5.92 Å². The summed E-state index contributed by atoms with van der Waals surface area (Å²) >= 11 is 0. The van der Waals surface area contributed by atoms with Crippen LogP contribution in [-0.4, -0.2) is 40.7 Å². The molecule has 1 aliphatic rings. The van der Waals surface area contributed by atoms with Crippen LogP contribution in [0.4, 0.5) is 0 Å². The molecule has 1 heterocycles. The Morgan fingerprint density at radius 1 is 0.811 bits per heavy atom. The number of ether oxygens (including phenoxy) is 1. The number of benzene rings is 3. The van der Waals surface area contributed by atoms with Crippen molar-refractivity contribution in [2.24, 2.45) is 5.92 Å².